The number of nitrogens with zero attached hydrogens (tertiary/aromatic N) is 5. The number of benzene rings is 1. The van der Waals surface area contributed by atoms with E-state index < -0.39 is 0 Å². The predicted octanol–water partition coefficient (Wildman–Crippen LogP) is 3.90. The van der Waals surface area contributed by atoms with Crippen LogP contribution in [0.5, 0.6) is 0 Å². The van der Waals surface area contributed by atoms with E-state index in [9.17, 15) is 5.11 Å². The summed E-state index contributed by atoms with van der Waals surface area (Å²) in [6, 6.07) is 7.87. The Morgan fingerprint density at radius 2 is 1.90 bits per heavy atom. The van der Waals surface area contributed by atoms with Gasteiger partial charge in [-0.15, -0.1) is 5.53 Å². The lowest BCUT2D eigenvalue weighted by Crippen LogP contribution is -2.50. The molecule has 1 aromatic heterocycles. The number of hydrogen-bond donors (Lipinski definition) is 3. The van der Waals surface area contributed by atoms with Gasteiger partial charge in [-0.1, -0.05) is 24.6 Å². The first-order chi connectivity index (χ1) is 13.8. The number of fused-ring (bicyclic) bond motifs is 1. The van der Waals surface area contributed by atoms with E-state index in [1.54, 1.807) is 4.90 Å². The minimum atomic E-state index is -0.147. The summed E-state index contributed by atoms with van der Waals surface area (Å²) in [4.78, 5) is 11.4. The molecule has 3 N–H and O–H groups in total. The van der Waals surface area contributed by atoms with E-state index in [2.05, 4.69) is 50.5 Å². The Morgan fingerprint density at radius 1 is 1.17 bits per heavy atom. The van der Waals surface area contributed by atoms with Crippen LogP contribution in [-0.4, -0.2) is 40.4 Å². The van der Waals surface area contributed by atoms with Gasteiger partial charge in [-0.2, -0.15) is 9.97 Å². The van der Waals surface area contributed by atoms with Gasteiger partial charge >= 0.3 is 0 Å². The lowest BCUT2D eigenvalue weighted by molar-refractivity contribution is 0.288. The van der Waals surface area contributed by atoms with Crippen LogP contribution in [0.1, 0.15) is 41.0 Å². The molecule has 0 bridgehead atoms. The van der Waals surface area contributed by atoms with Gasteiger partial charge in [0.2, 0.25) is 5.95 Å². The molecule has 1 aliphatic rings. The van der Waals surface area contributed by atoms with Crippen molar-refractivity contribution in [2.75, 3.05) is 33.5 Å². The molecule has 8 nitrogen and oxygen atoms in total. The highest BCUT2D eigenvalue weighted by atomic mass is 35.5. The van der Waals surface area contributed by atoms with Crippen LogP contribution in [0.4, 0.5) is 29.0 Å². The summed E-state index contributed by atoms with van der Waals surface area (Å²) in [5, 5.41) is 18.0. The summed E-state index contributed by atoms with van der Waals surface area (Å²) in [7, 11) is 0. The molecule has 29 heavy (non-hydrogen) atoms. The summed E-state index contributed by atoms with van der Waals surface area (Å²) in [5.74, 6) is 1.92. The smallest absolute Gasteiger partial charge is 0.231 e. The Kier molecular flexibility index (Phi) is 6.66. The summed E-state index contributed by atoms with van der Waals surface area (Å²) in [6.07, 6.45) is 0.877. The van der Waals surface area contributed by atoms with Gasteiger partial charge in [-0.05, 0) is 52.3 Å². The number of hydrogen-bond acceptors (Lipinski definition) is 8. The number of aromatic nitrogens is 2. The van der Waals surface area contributed by atoms with Crippen molar-refractivity contribution in [3.05, 3.63) is 29.3 Å². The first-order valence-electron chi connectivity index (χ1n) is 10.0. The Labute approximate surface area is 177 Å². The second-order valence-electron chi connectivity index (χ2n) is 7.61. The Hall–Kier alpha value is -2.29. The van der Waals surface area contributed by atoms with E-state index in [4.69, 9.17) is 21.6 Å². The van der Waals surface area contributed by atoms with E-state index in [-0.39, 0.29) is 18.8 Å². The standard InChI is InChI=1S/C20H30ClN7O/c1-6-10-26(12-29)20-23-18(22-16-9-7-8-15(21)11-16)17-19(24-20)28(14(4)5)25-27(17)13(2)3/h7-9,11,13-14,25,29H,6,10,12H2,1-5H3,(H,22,23,24). The number of nitrogens with one attached hydrogen (secondary N) is 2. The van der Waals surface area contributed by atoms with Crippen LogP contribution in [0.2, 0.25) is 5.02 Å². The third kappa shape index (κ3) is 4.49. The first-order valence-corrected chi connectivity index (χ1v) is 10.4. The number of hydrazine groups is 2. The van der Waals surface area contributed by atoms with Crippen LogP contribution < -0.4 is 25.8 Å². The van der Waals surface area contributed by atoms with Gasteiger partial charge < -0.3 is 15.3 Å². The van der Waals surface area contributed by atoms with Gasteiger partial charge in [0.25, 0.3) is 0 Å². The van der Waals surface area contributed by atoms with Gasteiger partial charge in [0, 0.05) is 29.3 Å². The van der Waals surface area contributed by atoms with Crippen molar-refractivity contribution >= 4 is 40.6 Å². The molecule has 0 aliphatic carbocycles. The second-order valence-corrected chi connectivity index (χ2v) is 8.05. The Bertz CT molecular complexity index is 846. The molecule has 0 fully saturated rings. The van der Waals surface area contributed by atoms with Crippen LogP contribution in [0.15, 0.2) is 24.3 Å². The van der Waals surface area contributed by atoms with Crippen LogP contribution in [0.25, 0.3) is 0 Å². The van der Waals surface area contributed by atoms with Crippen LogP contribution in [-0.2, 0) is 0 Å². The molecule has 0 unspecified atom stereocenters. The molecular weight excluding hydrogens is 390 g/mol. The molecule has 3 rings (SSSR count). The van der Waals surface area contributed by atoms with Gasteiger partial charge in [-0.3, -0.25) is 10.0 Å². The fourth-order valence-electron chi connectivity index (χ4n) is 3.20. The number of anilines is 5. The zero-order valence-electron chi connectivity index (χ0n) is 17.6. The van der Waals surface area contributed by atoms with Crippen molar-refractivity contribution < 1.29 is 5.11 Å². The molecule has 0 amide bonds. The Morgan fingerprint density at radius 3 is 2.48 bits per heavy atom. The van der Waals surface area contributed by atoms with E-state index in [1.807, 2.05) is 29.3 Å². The third-order valence-corrected chi connectivity index (χ3v) is 4.84. The van der Waals surface area contributed by atoms with Crippen LogP contribution in [0.3, 0.4) is 0 Å². The van der Waals surface area contributed by atoms with Crippen molar-refractivity contribution in [3.8, 4) is 0 Å². The van der Waals surface area contributed by atoms with Crippen LogP contribution in [0, 0.1) is 0 Å². The maximum Gasteiger partial charge on any atom is 0.231 e. The van der Waals surface area contributed by atoms with Crippen molar-refractivity contribution in [2.24, 2.45) is 0 Å². The number of halogens is 1. The molecular formula is C20H30ClN7O. The fraction of sp³-hybridized carbons (Fsp3) is 0.500. The lowest BCUT2D eigenvalue weighted by atomic mass is 10.2. The summed E-state index contributed by atoms with van der Waals surface area (Å²) in [5.41, 5.74) is 5.13. The fourth-order valence-corrected chi connectivity index (χ4v) is 3.39. The quantitative estimate of drug-likeness (QED) is 0.556. The van der Waals surface area contributed by atoms with Crippen molar-refractivity contribution in [1.82, 2.24) is 15.5 Å². The van der Waals surface area contributed by atoms with Crippen molar-refractivity contribution in [3.63, 3.8) is 0 Å². The highest BCUT2D eigenvalue weighted by Gasteiger charge is 2.35. The maximum atomic E-state index is 9.86. The van der Waals surface area contributed by atoms with E-state index in [0.717, 1.165) is 23.6 Å². The average molecular weight is 420 g/mol. The average Bonchev–Trinajstić information content (AvgIpc) is 3.06. The predicted molar refractivity (Wildman–Crippen MR) is 120 cm³/mol. The first kappa shape index (κ1) is 21.4. The zero-order chi connectivity index (χ0) is 21.1. The SMILES string of the molecule is CCCN(CO)c1nc(Nc2cccc(Cl)c2)c2c(n1)N(C(C)C)NN2C(C)C. The number of aliphatic hydroxyl groups is 1. The zero-order valence-corrected chi connectivity index (χ0v) is 18.4. The largest absolute Gasteiger partial charge is 0.376 e. The topological polar surface area (TPSA) is 79.8 Å². The normalized spacial score (nSPS) is 13.4. The molecule has 2 aromatic rings. The molecule has 0 radical (unpaired) electrons. The third-order valence-electron chi connectivity index (χ3n) is 4.61. The second kappa shape index (κ2) is 9.02. The highest BCUT2D eigenvalue weighted by molar-refractivity contribution is 6.30. The minimum absolute atomic E-state index is 0.147. The van der Waals surface area contributed by atoms with Crippen molar-refractivity contribution in [2.45, 2.75) is 53.1 Å². The molecule has 2 heterocycles. The summed E-state index contributed by atoms with van der Waals surface area (Å²) in [6.45, 7) is 11.0. The van der Waals surface area contributed by atoms with Crippen LogP contribution >= 0.6 is 11.6 Å². The summed E-state index contributed by atoms with van der Waals surface area (Å²) >= 11 is 6.17. The number of rotatable bonds is 8. The molecule has 0 atom stereocenters. The molecule has 0 saturated carbocycles. The minimum Gasteiger partial charge on any atom is -0.376 e. The van der Waals surface area contributed by atoms with E-state index >= 15 is 0 Å². The molecule has 0 saturated heterocycles. The monoisotopic (exact) mass is 419 g/mol. The molecule has 1 aromatic carbocycles. The van der Waals surface area contributed by atoms with Gasteiger partial charge in [0.05, 0.1) is 0 Å². The van der Waals surface area contributed by atoms with Gasteiger partial charge in [0.15, 0.2) is 11.6 Å². The number of aliphatic hydroxyl groups excluding tert-OH is 1. The highest BCUT2D eigenvalue weighted by Crippen LogP contribution is 2.41. The lowest BCUT2D eigenvalue weighted by Gasteiger charge is -2.27. The van der Waals surface area contributed by atoms with Crippen molar-refractivity contribution in [1.29, 1.82) is 0 Å². The molecule has 1 aliphatic heterocycles. The van der Waals surface area contributed by atoms with E-state index in [0.29, 0.717) is 23.3 Å². The van der Waals surface area contributed by atoms with Gasteiger partial charge in [-0.25, -0.2) is 0 Å². The molecule has 0 spiro atoms. The maximum absolute atomic E-state index is 9.86. The molecule has 158 valence electrons. The summed E-state index contributed by atoms with van der Waals surface area (Å²) < 4.78 is 0. The molecule has 9 heteroatoms. The van der Waals surface area contributed by atoms with E-state index in [1.165, 1.54) is 0 Å². The Balaban J connectivity index is 2.15. The van der Waals surface area contributed by atoms with Gasteiger partial charge in [0.1, 0.15) is 12.4 Å².